The van der Waals surface area contributed by atoms with E-state index in [1.807, 2.05) is 0 Å². The van der Waals surface area contributed by atoms with Gasteiger partial charge in [0.05, 0.1) is 11.2 Å². The highest BCUT2D eigenvalue weighted by molar-refractivity contribution is 5.04. The molecule has 0 atom stereocenters. The van der Waals surface area contributed by atoms with E-state index in [-0.39, 0.29) is 0 Å². The van der Waals surface area contributed by atoms with Crippen molar-refractivity contribution in [1.29, 1.82) is 0 Å². The second-order valence-electron chi connectivity index (χ2n) is 8.94. The fourth-order valence-electron chi connectivity index (χ4n) is 5.18. The summed E-state index contributed by atoms with van der Waals surface area (Å²) < 4.78 is 0. The van der Waals surface area contributed by atoms with E-state index in [1.54, 1.807) is 0 Å². The number of rotatable bonds is 9. The molecule has 142 valence electrons. The van der Waals surface area contributed by atoms with Crippen molar-refractivity contribution >= 4 is 0 Å². The Labute approximate surface area is 150 Å². The Hall–Kier alpha value is -0.0800. The summed E-state index contributed by atoms with van der Waals surface area (Å²) >= 11 is 0. The van der Waals surface area contributed by atoms with Crippen LogP contribution in [0.4, 0.5) is 0 Å². The molecular formula is C22H42O2. The van der Waals surface area contributed by atoms with Crippen molar-refractivity contribution in [2.75, 3.05) is 0 Å². The Bertz CT molecular complexity index is 302. The lowest BCUT2D eigenvalue weighted by atomic mass is 9.62. The van der Waals surface area contributed by atoms with Gasteiger partial charge in [-0.25, -0.2) is 0 Å². The monoisotopic (exact) mass is 338 g/mol. The summed E-state index contributed by atoms with van der Waals surface area (Å²) in [6.07, 6.45) is 18.3. The summed E-state index contributed by atoms with van der Waals surface area (Å²) in [4.78, 5) is 0. The van der Waals surface area contributed by atoms with Gasteiger partial charge in [-0.3, -0.25) is 0 Å². The van der Waals surface area contributed by atoms with E-state index < -0.39 is 11.2 Å². The molecule has 2 rings (SSSR count). The van der Waals surface area contributed by atoms with Gasteiger partial charge in [0.1, 0.15) is 0 Å². The lowest BCUT2D eigenvalue weighted by Gasteiger charge is -2.50. The minimum atomic E-state index is -0.803. The molecule has 2 heteroatoms. The molecule has 0 aromatic rings. The van der Waals surface area contributed by atoms with Crippen LogP contribution in [0.25, 0.3) is 0 Å². The molecule has 2 aliphatic carbocycles. The van der Waals surface area contributed by atoms with E-state index >= 15 is 0 Å². The third-order valence-electron chi connectivity index (χ3n) is 7.16. The highest BCUT2D eigenvalue weighted by Crippen LogP contribution is 2.48. The fraction of sp³-hybridized carbons (Fsp3) is 1.00. The zero-order valence-corrected chi connectivity index (χ0v) is 16.4. The van der Waals surface area contributed by atoms with E-state index in [4.69, 9.17) is 0 Å². The first-order valence-electron chi connectivity index (χ1n) is 11.0. The summed E-state index contributed by atoms with van der Waals surface area (Å²) in [7, 11) is 0. The molecule has 0 aromatic heterocycles. The lowest BCUT2D eigenvalue weighted by molar-refractivity contribution is -0.191. The van der Waals surface area contributed by atoms with Gasteiger partial charge in [0.15, 0.2) is 0 Å². The molecule has 2 nitrogen and oxygen atoms in total. The molecule has 0 spiro atoms. The van der Waals surface area contributed by atoms with Crippen LogP contribution in [-0.4, -0.2) is 21.4 Å². The molecule has 2 fully saturated rings. The zero-order chi connectivity index (χ0) is 17.5. The van der Waals surface area contributed by atoms with Gasteiger partial charge in [0.25, 0.3) is 0 Å². The maximum Gasteiger partial charge on any atom is 0.0933 e. The normalized spacial score (nSPS) is 37.5. The van der Waals surface area contributed by atoms with Gasteiger partial charge >= 0.3 is 0 Å². The third kappa shape index (κ3) is 5.21. The molecule has 0 heterocycles. The van der Waals surface area contributed by atoms with Gasteiger partial charge in [-0.1, -0.05) is 65.2 Å². The van der Waals surface area contributed by atoms with Crippen LogP contribution < -0.4 is 0 Å². The average molecular weight is 339 g/mol. The molecule has 2 N–H and O–H groups in total. The summed E-state index contributed by atoms with van der Waals surface area (Å²) in [5.41, 5.74) is -1.61. The quantitative estimate of drug-likeness (QED) is 0.507. The van der Waals surface area contributed by atoms with Crippen molar-refractivity contribution in [3.05, 3.63) is 0 Å². The molecule has 0 amide bonds. The van der Waals surface area contributed by atoms with E-state index in [2.05, 4.69) is 13.8 Å². The molecule has 2 aliphatic rings. The van der Waals surface area contributed by atoms with Crippen LogP contribution in [0, 0.1) is 11.8 Å². The summed E-state index contributed by atoms with van der Waals surface area (Å²) in [5, 5.41) is 22.4. The molecule has 24 heavy (non-hydrogen) atoms. The fourth-order valence-corrected chi connectivity index (χ4v) is 5.18. The van der Waals surface area contributed by atoms with Gasteiger partial charge in [-0.15, -0.1) is 0 Å². The standard InChI is InChI=1S/C22H42O2/c1-3-5-7-9-19-11-15-21(23,16-12-19)22(24)17-13-20(14-18-22)10-8-6-4-2/h19-20,23-24H,3-18H2,1-2H3. The van der Waals surface area contributed by atoms with Crippen LogP contribution in [0.15, 0.2) is 0 Å². The SMILES string of the molecule is CCCCCC1CCC(O)(C2(O)CCC(CCCCC)CC2)CC1. The highest BCUT2D eigenvalue weighted by atomic mass is 16.4. The van der Waals surface area contributed by atoms with Gasteiger partial charge in [-0.05, 0) is 63.2 Å². The van der Waals surface area contributed by atoms with E-state index in [0.29, 0.717) is 0 Å². The number of hydrogen-bond donors (Lipinski definition) is 2. The minimum Gasteiger partial charge on any atom is -0.387 e. The molecule has 0 aromatic carbocycles. The summed E-state index contributed by atoms with van der Waals surface area (Å²) in [6.45, 7) is 4.52. The molecule has 0 saturated heterocycles. The first-order valence-corrected chi connectivity index (χ1v) is 11.0. The number of unbranched alkanes of at least 4 members (excludes halogenated alkanes) is 4. The third-order valence-corrected chi connectivity index (χ3v) is 7.16. The number of aliphatic hydroxyl groups is 2. The predicted octanol–water partition coefficient (Wildman–Crippen LogP) is 5.99. The van der Waals surface area contributed by atoms with E-state index in [0.717, 1.165) is 63.2 Å². The van der Waals surface area contributed by atoms with Crippen molar-refractivity contribution in [1.82, 2.24) is 0 Å². The Morgan fingerprint density at radius 2 is 0.958 bits per heavy atom. The first kappa shape index (κ1) is 20.2. The lowest BCUT2D eigenvalue weighted by Crippen LogP contribution is -2.57. The van der Waals surface area contributed by atoms with Crippen molar-refractivity contribution < 1.29 is 10.2 Å². The Balaban J connectivity index is 1.77. The highest BCUT2D eigenvalue weighted by Gasteiger charge is 2.51. The molecule has 2 saturated carbocycles. The zero-order valence-electron chi connectivity index (χ0n) is 16.4. The maximum absolute atomic E-state index is 11.2. The molecular weight excluding hydrogens is 296 g/mol. The van der Waals surface area contributed by atoms with Crippen molar-refractivity contribution in [2.24, 2.45) is 11.8 Å². The second-order valence-corrected chi connectivity index (χ2v) is 8.94. The van der Waals surface area contributed by atoms with Gasteiger partial charge in [-0.2, -0.15) is 0 Å². The maximum atomic E-state index is 11.2. The Morgan fingerprint density at radius 3 is 1.25 bits per heavy atom. The summed E-state index contributed by atoms with van der Waals surface area (Å²) in [5.74, 6) is 1.57. The summed E-state index contributed by atoms with van der Waals surface area (Å²) in [6, 6.07) is 0. The van der Waals surface area contributed by atoms with E-state index in [1.165, 1.54) is 51.4 Å². The van der Waals surface area contributed by atoms with Crippen LogP contribution in [0.5, 0.6) is 0 Å². The molecule has 0 aliphatic heterocycles. The van der Waals surface area contributed by atoms with Crippen LogP contribution in [0.2, 0.25) is 0 Å². The van der Waals surface area contributed by atoms with Gasteiger partial charge < -0.3 is 10.2 Å². The van der Waals surface area contributed by atoms with Gasteiger partial charge in [0.2, 0.25) is 0 Å². The van der Waals surface area contributed by atoms with Crippen LogP contribution in [-0.2, 0) is 0 Å². The Kier molecular flexibility index (Phi) is 8.07. The van der Waals surface area contributed by atoms with Crippen LogP contribution in [0.3, 0.4) is 0 Å². The number of hydrogen-bond acceptors (Lipinski definition) is 2. The van der Waals surface area contributed by atoms with Crippen molar-refractivity contribution in [3.63, 3.8) is 0 Å². The first-order chi connectivity index (χ1) is 11.5. The topological polar surface area (TPSA) is 40.5 Å². The smallest absolute Gasteiger partial charge is 0.0933 e. The van der Waals surface area contributed by atoms with Crippen molar-refractivity contribution in [3.8, 4) is 0 Å². The predicted molar refractivity (Wildman–Crippen MR) is 102 cm³/mol. The van der Waals surface area contributed by atoms with E-state index in [9.17, 15) is 10.2 Å². The van der Waals surface area contributed by atoms with Crippen LogP contribution in [0.1, 0.15) is 117 Å². The molecule has 0 radical (unpaired) electrons. The average Bonchev–Trinajstić information content (AvgIpc) is 2.59. The minimum absolute atomic E-state index is 0.783. The van der Waals surface area contributed by atoms with Gasteiger partial charge in [0, 0.05) is 0 Å². The Morgan fingerprint density at radius 1 is 0.625 bits per heavy atom. The molecule has 0 bridgehead atoms. The largest absolute Gasteiger partial charge is 0.387 e. The molecule has 0 unspecified atom stereocenters. The second kappa shape index (κ2) is 9.57. The van der Waals surface area contributed by atoms with Crippen LogP contribution >= 0.6 is 0 Å². The van der Waals surface area contributed by atoms with Crippen molar-refractivity contribution in [2.45, 2.75) is 128 Å².